The zero-order valence-electron chi connectivity index (χ0n) is 8.28. The van der Waals surface area contributed by atoms with E-state index in [1.54, 1.807) is 0 Å². The lowest BCUT2D eigenvalue weighted by molar-refractivity contribution is 0.105. The van der Waals surface area contributed by atoms with Crippen LogP contribution < -0.4 is 5.73 Å². The maximum atomic E-state index is 5.81. The highest BCUT2D eigenvalue weighted by Gasteiger charge is 2.48. The molecule has 11 heavy (non-hydrogen) atoms. The zero-order chi connectivity index (χ0) is 8.70. The van der Waals surface area contributed by atoms with Crippen molar-refractivity contribution in [3.63, 3.8) is 0 Å². The largest absolute Gasteiger partial charge is 0.330 e. The van der Waals surface area contributed by atoms with Gasteiger partial charge in [0.15, 0.2) is 0 Å². The van der Waals surface area contributed by atoms with Crippen LogP contribution in [0.25, 0.3) is 0 Å². The molecule has 1 aliphatic carbocycles. The van der Waals surface area contributed by atoms with Crippen molar-refractivity contribution in [1.82, 2.24) is 0 Å². The Balaban J connectivity index is 2.86. The normalized spacial score (nSPS) is 42.8. The smallest absolute Gasteiger partial charge is 0.00180 e. The maximum Gasteiger partial charge on any atom is -0.00180 e. The zero-order valence-corrected chi connectivity index (χ0v) is 8.28. The maximum absolute atomic E-state index is 5.81. The summed E-state index contributed by atoms with van der Waals surface area (Å²) in [6.45, 7) is 10.2. The highest BCUT2D eigenvalue weighted by Crippen LogP contribution is 2.54. The standard InChI is InChI=1S/C10H21N/c1-8-5-6-10(4,7-11)9(8,2)3/h8H,5-7,11H2,1-4H3/t8-,10+/m1/s1. The Morgan fingerprint density at radius 2 is 1.91 bits per heavy atom. The Kier molecular flexibility index (Phi) is 2.04. The molecule has 0 radical (unpaired) electrons. The van der Waals surface area contributed by atoms with Crippen LogP contribution in [0.5, 0.6) is 0 Å². The van der Waals surface area contributed by atoms with Gasteiger partial charge >= 0.3 is 0 Å². The van der Waals surface area contributed by atoms with Gasteiger partial charge in [-0.3, -0.25) is 0 Å². The van der Waals surface area contributed by atoms with Crippen molar-refractivity contribution >= 4 is 0 Å². The molecule has 1 nitrogen and oxygen atoms in total. The third-order valence-corrected chi connectivity index (χ3v) is 4.37. The molecule has 0 aromatic heterocycles. The number of nitrogens with two attached hydrogens (primary N) is 1. The van der Waals surface area contributed by atoms with E-state index in [9.17, 15) is 0 Å². The minimum Gasteiger partial charge on any atom is -0.330 e. The molecule has 2 N–H and O–H groups in total. The Morgan fingerprint density at radius 3 is 2.09 bits per heavy atom. The van der Waals surface area contributed by atoms with Gasteiger partial charge in [-0.05, 0) is 36.1 Å². The Hall–Kier alpha value is -0.0400. The predicted molar refractivity (Wildman–Crippen MR) is 49.3 cm³/mol. The molecular weight excluding hydrogens is 134 g/mol. The van der Waals surface area contributed by atoms with E-state index in [1.165, 1.54) is 12.8 Å². The van der Waals surface area contributed by atoms with Crippen molar-refractivity contribution in [2.75, 3.05) is 6.54 Å². The Morgan fingerprint density at radius 1 is 1.36 bits per heavy atom. The van der Waals surface area contributed by atoms with Gasteiger partial charge in [0.05, 0.1) is 0 Å². The summed E-state index contributed by atoms with van der Waals surface area (Å²) in [6, 6.07) is 0. The van der Waals surface area contributed by atoms with Gasteiger partial charge in [-0.15, -0.1) is 0 Å². The van der Waals surface area contributed by atoms with Crippen LogP contribution in [0.2, 0.25) is 0 Å². The lowest BCUT2D eigenvalue weighted by Crippen LogP contribution is -2.39. The lowest BCUT2D eigenvalue weighted by atomic mass is 9.66. The summed E-state index contributed by atoms with van der Waals surface area (Å²) in [7, 11) is 0. The van der Waals surface area contributed by atoms with E-state index >= 15 is 0 Å². The van der Waals surface area contributed by atoms with E-state index in [1.807, 2.05) is 0 Å². The van der Waals surface area contributed by atoms with Crippen LogP contribution in [-0.4, -0.2) is 6.54 Å². The number of hydrogen-bond acceptors (Lipinski definition) is 1. The Bertz CT molecular complexity index is 148. The first-order chi connectivity index (χ1) is 4.94. The monoisotopic (exact) mass is 155 g/mol. The molecule has 0 spiro atoms. The molecule has 0 aromatic rings. The SMILES string of the molecule is C[C@@H]1CC[C@@](C)(CN)C1(C)C. The molecule has 1 heteroatoms. The van der Waals surface area contributed by atoms with Gasteiger partial charge in [-0.2, -0.15) is 0 Å². The minimum atomic E-state index is 0.381. The topological polar surface area (TPSA) is 26.0 Å². The van der Waals surface area contributed by atoms with Crippen molar-refractivity contribution in [2.45, 2.75) is 40.5 Å². The molecule has 0 heterocycles. The molecule has 1 saturated carbocycles. The van der Waals surface area contributed by atoms with E-state index in [0.29, 0.717) is 10.8 Å². The van der Waals surface area contributed by atoms with Crippen LogP contribution in [0.15, 0.2) is 0 Å². The van der Waals surface area contributed by atoms with Crippen LogP contribution in [-0.2, 0) is 0 Å². The van der Waals surface area contributed by atoms with Gasteiger partial charge in [0.2, 0.25) is 0 Å². The summed E-state index contributed by atoms with van der Waals surface area (Å²) >= 11 is 0. The van der Waals surface area contributed by atoms with Gasteiger partial charge in [-0.25, -0.2) is 0 Å². The van der Waals surface area contributed by atoms with E-state index in [4.69, 9.17) is 5.73 Å². The second-order valence-corrected chi connectivity index (χ2v) is 4.93. The third-order valence-electron chi connectivity index (χ3n) is 4.37. The fraction of sp³-hybridized carbons (Fsp3) is 1.00. The van der Waals surface area contributed by atoms with E-state index < -0.39 is 0 Å². The van der Waals surface area contributed by atoms with Gasteiger partial charge < -0.3 is 5.73 Å². The highest BCUT2D eigenvalue weighted by atomic mass is 14.7. The molecule has 0 saturated heterocycles. The van der Waals surface area contributed by atoms with Crippen LogP contribution in [0.4, 0.5) is 0 Å². The molecule has 1 fully saturated rings. The van der Waals surface area contributed by atoms with Crippen molar-refractivity contribution in [3.05, 3.63) is 0 Å². The quantitative estimate of drug-likeness (QED) is 0.618. The van der Waals surface area contributed by atoms with Crippen LogP contribution >= 0.6 is 0 Å². The number of rotatable bonds is 1. The van der Waals surface area contributed by atoms with E-state index in [0.717, 1.165) is 12.5 Å². The third kappa shape index (κ3) is 1.10. The van der Waals surface area contributed by atoms with Gasteiger partial charge in [0, 0.05) is 0 Å². The highest BCUT2D eigenvalue weighted by molar-refractivity contribution is 4.98. The molecule has 0 aliphatic heterocycles. The average molecular weight is 155 g/mol. The molecule has 1 aliphatic rings. The number of hydrogen-bond donors (Lipinski definition) is 1. The second-order valence-electron chi connectivity index (χ2n) is 4.93. The summed E-state index contributed by atoms with van der Waals surface area (Å²) in [6.07, 6.45) is 2.65. The summed E-state index contributed by atoms with van der Waals surface area (Å²) in [5.41, 5.74) is 6.62. The first-order valence-electron chi connectivity index (χ1n) is 4.64. The van der Waals surface area contributed by atoms with E-state index in [-0.39, 0.29) is 0 Å². The van der Waals surface area contributed by atoms with Gasteiger partial charge in [-0.1, -0.05) is 27.7 Å². The molecular formula is C10H21N. The summed E-state index contributed by atoms with van der Waals surface area (Å²) in [4.78, 5) is 0. The lowest BCUT2D eigenvalue weighted by Gasteiger charge is -2.40. The van der Waals surface area contributed by atoms with Crippen LogP contribution in [0.1, 0.15) is 40.5 Å². The van der Waals surface area contributed by atoms with Crippen LogP contribution in [0.3, 0.4) is 0 Å². The molecule has 2 atom stereocenters. The average Bonchev–Trinajstić information content (AvgIpc) is 2.15. The molecule has 0 unspecified atom stereocenters. The van der Waals surface area contributed by atoms with Crippen molar-refractivity contribution in [1.29, 1.82) is 0 Å². The predicted octanol–water partition coefficient (Wildman–Crippen LogP) is 2.41. The van der Waals surface area contributed by atoms with Crippen molar-refractivity contribution < 1.29 is 0 Å². The van der Waals surface area contributed by atoms with Crippen molar-refractivity contribution in [2.24, 2.45) is 22.5 Å². The molecule has 0 aromatic carbocycles. The molecule has 0 amide bonds. The summed E-state index contributed by atoms with van der Waals surface area (Å²) in [5.74, 6) is 0.830. The molecule has 66 valence electrons. The summed E-state index contributed by atoms with van der Waals surface area (Å²) < 4.78 is 0. The first kappa shape index (κ1) is 9.05. The van der Waals surface area contributed by atoms with Crippen LogP contribution in [0, 0.1) is 16.7 Å². The second kappa shape index (κ2) is 2.48. The fourth-order valence-electron chi connectivity index (χ4n) is 2.18. The fourth-order valence-corrected chi connectivity index (χ4v) is 2.18. The molecule has 1 rings (SSSR count). The van der Waals surface area contributed by atoms with E-state index in [2.05, 4.69) is 27.7 Å². The summed E-state index contributed by atoms with van der Waals surface area (Å²) in [5, 5.41) is 0. The van der Waals surface area contributed by atoms with Gasteiger partial charge in [0.25, 0.3) is 0 Å². The minimum absolute atomic E-state index is 0.381. The van der Waals surface area contributed by atoms with Crippen molar-refractivity contribution in [3.8, 4) is 0 Å². The Labute approximate surface area is 70.4 Å². The van der Waals surface area contributed by atoms with Gasteiger partial charge in [0.1, 0.15) is 0 Å². The first-order valence-corrected chi connectivity index (χ1v) is 4.64. The molecule has 0 bridgehead atoms.